The van der Waals surface area contributed by atoms with E-state index in [0.717, 1.165) is 25.7 Å². The lowest BCUT2D eigenvalue weighted by Gasteiger charge is -2.28. The maximum absolute atomic E-state index is 12.5. The Morgan fingerprint density at radius 1 is 1.21 bits per heavy atom. The molecule has 1 rings (SSSR count). The van der Waals surface area contributed by atoms with Gasteiger partial charge >= 0.3 is 6.09 Å². The Bertz CT molecular complexity index is 483. The van der Waals surface area contributed by atoms with Crippen LogP contribution in [0.1, 0.15) is 73.1 Å². The van der Waals surface area contributed by atoms with Crippen molar-refractivity contribution in [3.8, 4) is 6.19 Å². The van der Waals surface area contributed by atoms with E-state index in [1.807, 2.05) is 34.6 Å². The van der Waals surface area contributed by atoms with Crippen molar-refractivity contribution in [3.63, 3.8) is 0 Å². The average molecular weight is 337 g/mol. The third-order valence-electron chi connectivity index (χ3n) is 4.17. The summed E-state index contributed by atoms with van der Waals surface area (Å²) in [5.41, 5.74) is -0.816. The molecule has 136 valence electrons. The maximum atomic E-state index is 12.5. The monoisotopic (exact) mass is 337 g/mol. The van der Waals surface area contributed by atoms with Crippen LogP contribution in [0.25, 0.3) is 0 Å². The van der Waals surface area contributed by atoms with Crippen molar-refractivity contribution in [2.75, 3.05) is 6.54 Å². The second kappa shape index (κ2) is 8.36. The average Bonchev–Trinajstić information content (AvgIpc) is 2.90. The Balaban J connectivity index is 2.43. The number of ether oxygens (including phenoxy) is 1. The first-order chi connectivity index (χ1) is 11.0. The minimum absolute atomic E-state index is 0.0678. The lowest BCUT2D eigenvalue weighted by Crippen LogP contribution is -2.38. The zero-order chi connectivity index (χ0) is 18.4. The van der Waals surface area contributed by atoms with Gasteiger partial charge in [0, 0.05) is 19.0 Å². The summed E-state index contributed by atoms with van der Waals surface area (Å²) in [6.45, 7) is 9.83. The van der Waals surface area contributed by atoms with Crippen molar-refractivity contribution in [2.24, 2.45) is 5.41 Å². The third-order valence-corrected chi connectivity index (χ3v) is 4.17. The zero-order valence-electron chi connectivity index (χ0n) is 15.6. The molecule has 1 N–H and O–H groups in total. The number of nitrogens with one attached hydrogen (secondary N) is 1. The fourth-order valence-corrected chi connectivity index (χ4v) is 2.90. The standard InChI is InChI=1S/C18H31N3O3/c1-17(2,3)24-16(23)20-11-10-18(4,5)12-15(22)21(13-19)14-8-6-7-9-14/h14H,6-12H2,1-5H3,(H,20,23). The van der Waals surface area contributed by atoms with Gasteiger partial charge in [-0.2, -0.15) is 5.26 Å². The van der Waals surface area contributed by atoms with Gasteiger partial charge in [-0.15, -0.1) is 0 Å². The van der Waals surface area contributed by atoms with Gasteiger partial charge < -0.3 is 10.1 Å². The van der Waals surface area contributed by atoms with Crippen LogP contribution in [0.2, 0.25) is 0 Å². The van der Waals surface area contributed by atoms with Crippen molar-refractivity contribution >= 4 is 12.0 Å². The van der Waals surface area contributed by atoms with E-state index in [0.29, 0.717) is 19.4 Å². The maximum Gasteiger partial charge on any atom is 0.407 e. The SMILES string of the molecule is CC(C)(CCNC(=O)OC(C)(C)C)CC(=O)N(C#N)C1CCCC1. The molecule has 0 unspecified atom stereocenters. The van der Waals surface area contributed by atoms with Gasteiger partial charge in [-0.1, -0.05) is 26.7 Å². The first-order valence-electron chi connectivity index (χ1n) is 8.73. The molecule has 0 saturated heterocycles. The van der Waals surface area contributed by atoms with Gasteiger partial charge in [-0.25, -0.2) is 9.69 Å². The van der Waals surface area contributed by atoms with E-state index < -0.39 is 11.7 Å². The molecule has 0 atom stereocenters. The van der Waals surface area contributed by atoms with Crippen LogP contribution in [-0.2, 0) is 9.53 Å². The number of carbonyl (C=O) groups is 2. The fraction of sp³-hybridized carbons (Fsp3) is 0.833. The summed E-state index contributed by atoms with van der Waals surface area (Å²) in [6.07, 6.45) is 6.55. The van der Waals surface area contributed by atoms with E-state index >= 15 is 0 Å². The molecule has 0 radical (unpaired) electrons. The van der Waals surface area contributed by atoms with E-state index in [2.05, 4.69) is 11.5 Å². The normalized spacial score (nSPS) is 15.7. The van der Waals surface area contributed by atoms with E-state index in [1.165, 1.54) is 4.90 Å². The molecule has 1 aliphatic carbocycles. The first-order valence-corrected chi connectivity index (χ1v) is 8.73. The minimum atomic E-state index is -0.524. The molecular weight excluding hydrogens is 306 g/mol. The smallest absolute Gasteiger partial charge is 0.407 e. The van der Waals surface area contributed by atoms with E-state index in [1.54, 1.807) is 0 Å². The molecule has 0 bridgehead atoms. The predicted molar refractivity (Wildman–Crippen MR) is 92.0 cm³/mol. The summed E-state index contributed by atoms with van der Waals surface area (Å²) in [7, 11) is 0. The van der Waals surface area contributed by atoms with Crippen LogP contribution >= 0.6 is 0 Å². The van der Waals surface area contributed by atoms with Crippen LogP contribution < -0.4 is 5.32 Å². The summed E-state index contributed by atoms with van der Waals surface area (Å²) >= 11 is 0. The molecule has 24 heavy (non-hydrogen) atoms. The van der Waals surface area contributed by atoms with Crippen molar-refractivity contribution < 1.29 is 14.3 Å². The lowest BCUT2D eigenvalue weighted by molar-refractivity contribution is -0.132. The second-order valence-corrected chi connectivity index (χ2v) is 8.32. The van der Waals surface area contributed by atoms with Gasteiger partial charge in [-0.3, -0.25) is 4.79 Å². The highest BCUT2D eigenvalue weighted by Gasteiger charge is 2.31. The van der Waals surface area contributed by atoms with Crippen molar-refractivity contribution in [1.82, 2.24) is 10.2 Å². The van der Waals surface area contributed by atoms with Crippen LogP contribution in [-0.4, -0.2) is 35.1 Å². The highest BCUT2D eigenvalue weighted by molar-refractivity contribution is 5.78. The molecule has 1 saturated carbocycles. The van der Waals surface area contributed by atoms with Crippen molar-refractivity contribution in [3.05, 3.63) is 0 Å². The van der Waals surface area contributed by atoms with Crippen LogP contribution in [0, 0.1) is 16.9 Å². The summed E-state index contributed by atoms with van der Waals surface area (Å²) in [5, 5.41) is 12.0. The number of amides is 2. The second-order valence-electron chi connectivity index (χ2n) is 8.32. The van der Waals surface area contributed by atoms with Gasteiger partial charge in [0.25, 0.3) is 0 Å². The molecule has 2 amide bonds. The first kappa shape index (κ1) is 20.3. The van der Waals surface area contributed by atoms with Gasteiger partial charge in [0.05, 0.1) is 0 Å². The number of hydrogen-bond acceptors (Lipinski definition) is 4. The summed E-state index contributed by atoms with van der Waals surface area (Å²) < 4.78 is 5.19. The Morgan fingerprint density at radius 3 is 2.29 bits per heavy atom. The zero-order valence-corrected chi connectivity index (χ0v) is 15.6. The molecule has 1 fully saturated rings. The lowest BCUT2D eigenvalue weighted by atomic mass is 9.85. The van der Waals surface area contributed by atoms with Gasteiger partial charge in [0.1, 0.15) is 5.60 Å². The van der Waals surface area contributed by atoms with Crippen LogP contribution in [0.3, 0.4) is 0 Å². The predicted octanol–water partition coefficient (Wildman–Crippen LogP) is 3.57. The summed E-state index contributed by atoms with van der Waals surface area (Å²) in [4.78, 5) is 25.5. The van der Waals surface area contributed by atoms with Crippen molar-refractivity contribution in [2.45, 2.75) is 84.8 Å². The Morgan fingerprint density at radius 2 is 1.79 bits per heavy atom. The fourth-order valence-electron chi connectivity index (χ4n) is 2.90. The molecular formula is C18H31N3O3. The number of carbonyl (C=O) groups excluding carboxylic acids is 2. The third kappa shape index (κ3) is 7.20. The minimum Gasteiger partial charge on any atom is -0.444 e. The molecule has 0 aromatic carbocycles. The van der Waals surface area contributed by atoms with E-state index in [-0.39, 0.29) is 17.4 Å². The quantitative estimate of drug-likeness (QED) is 0.593. The Labute approximate surface area is 145 Å². The molecule has 0 heterocycles. The Kier molecular flexibility index (Phi) is 7.07. The molecule has 6 heteroatoms. The Hall–Kier alpha value is -1.77. The molecule has 0 spiro atoms. The topological polar surface area (TPSA) is 82.4 Å². The molecule has 6 nitrogen and oxygen atoms in total. The molecule has 1 aliphatic rings. The van der Waals surface area contributed by atoms with Gasteiger partial charge in [0.2, 0.25) is 5.91 Å². The summed E-state index contributed by atoms with van der Waals surface area (Å²) in [5.74, 6) is -0.119. The van der Waals surface area contributed by atoms with Crippen molar-refractivity contribution in [1.29, 1.82) is 5.26 Å². The number of alkyl carbamates (subject to hydrolysis) is 1. The van der Waals surface area contributed by atoms with Gasteiger partial charge in [-0.05, 0) is 45.4 Å². The number of rotatable bonds is 6. The number of nitrogens with zero attached hydrogens (tertiary/aromatic N) is 2. The number of nitriles is 1. The largest absolute Gasteiger partial charge is 0.444 e. The highest BCUT2D eigenvalue weighted by atomic mass is 16.6. The van der Waals surface area contributed by atoms with Crippen LogP contribution in [0.15, 0.2) is 0 Å². The molecule has 0 aromatic rings. The van der Waals surface area contributed by atoms with Gasteiger partial charge in [0.15, 0.2) is 6.19 Å². The van der Waals surface area contributed by atoms with Crippen LogP contribution in [0.5, 0.6) is 0 Å². The molecule has 0 aliphatic heterocycles. The molecule has 0 aromatic heterocycles. The summed E-state index contributed by atoms with van der Waals surface area (Å²) in [6, 6.07) is 0.0678. The van der Waals surface area contributed by atoms with Crippen LogP contribution in [0.4, 0.5) is 4.79 Å². The highest BCUT2D eigenvalue weighted by Crippen LogP contribution is 2.29. The van der Waals surface area contributed by atoms with E-state index in [9.17, 15) is 14.9 Å². The van der Waals surface area contributed by atoms with E-state index in [4.69, 9.17) is 4.74 Å². The number of hydrogen-bond donors (Lipinski definition) is 1.